The number of halogens is 2. The third-order valence-corrected chi connectivity index (χ3v) is 2.67. The molecular formula is C10H10BrClO2. The first-order valence-electron chi connectivity index (χ1n) is 4.13. The molecule has 1 aromatic carbocycles. The number of aliphatic hydroxyl groups is 1. The van der Waals surface area contributed by atoms with Gasteiger partial charge in [0.15, 0.2) is 5.78 Å². The van der Waals surface area contributed by atoms with Gasteiger partial charge in [-0.15, -0.1) is 11.6 Å². The van der Waals surface area contributed by atoms with Crippen LogP contribution in [0.5, 0.6) is 0 Å². The number of hydrogen-bond acceptors (Lipinski definition) is 2. The first-order valence-corrected chi connectivity index (χ1v) is 5.46. The van der Waals surface area contributed by atoms with Crippen LogP contribution in [0.1, 0.15) is 11.1 Å². The number of carbonyl (C=O) groups excluding carboxylic acids is 1. The van der Waals surface area contributed by atoms with Gasteiger partial charge in [-0.25, -0.2) is 0 Å². The Balaban J connectivity index is 2.90. The maximum Gasteiger partial charge on any atom is 0.151 e. The van der Waals surface area contributed by atoms with Gasteiger partial charge >= 0.3 is 0 Å². The summed E-state index contributed by atoms with van der Waals surface area (Å²) in [5, 5.41) is 9.06. The van der Waals surface area contributed by atoms with Crippen LogP contribution in [0.3, 0.4) is 0 Å². The predicted octanol–water partition coefficient (Wildman–Crippen LogP) is 2.29. The Hall–Kier alpha value is -0.380. The molecule has 0 saturated carbocycles. The molecule has 0 heterocycles. The van der Waals surface area contributed by atoms with E-state index in [-0.39, 0.29) is 24.7 Å². The zero-order valence-corrected chi connectivity index (χ0v) is 9.81. The minimum absolute atomic E-state index is 0.0148. The van der Waals surface area contributed by atoms with Crippen molar-refractivity contribution in [3.8, 4) is 0 Å². The standard InChI is InChI=1S/C10H10BrClO2/c11-9-2-1-7(4-10(14)5-12)8(3-9)6-13/h1-3,13H,4-6H2. The topological polar surface area (TPSA) is 37.3 Å². The molecule has 4 heteroatoms. The van der Waals surface area contributed by atoms with Gasteiger partial charge in [0.25, 0.3) is 0 Å². The van der Waals surface area contributed by atoms with E-state index in [0.29, 0.717) is 0 Å². The number of benzene rings is 1. The van der Waals surface area contributed by atoms with Crippen molar-refractivity contribution in [3.63, 3.8) is 0 Å². The number of aliphatic hydroxyl groups excluding tert-OH is 1. The third kappa shape index (κ3) is 3.08. The van der Waals surface area contributed by atoms with Crippen molar-refractivity contribution >= 4 is 33.3 Å². The summed E-state index contributed by atoms with van der Waals surface area (Å²) >= 11 is 8.71. The molecule has 0 aliphatic carbocycles. The molecule has 0 bridgehead atoms. The van der Waals surface area contributed by atoms with E-state index >= 15 is 0 Å². The summed E-state index contributed by atoms with van der Waals surface area (Å²) in [5.74, 6) is -0.0234. The molecule has 0 atom stereocenters. The zero-order valence-electron chi connectivity index (χ0n) is 7.46. The minimum Gasteiger partial charge on any atom is -0.392 e. The van der Waals surface area contributed by atoms with E-state index in [9.17, 15) is 4.79 Å². The van der Waals surface area contributed by atoms with Crippen LogP contribution in [0.2, 0.25) is 0 Å². The Bertz CT molecular complexity index is 339. The number of hydrogen-bond donors (Lipinski definition) is 1. The number of rotatable bonds is 4. The van der Waals surface area contributed by atoms with Gasteiger partial charge < -0.3 is 5.11 Å². The highest BCUT2D eigenvalue weighted by molar-refractivity contribution is 9.10. The normalized spacial score (nSPS) is 10.2. The highest BCUT2D eigenvalue weighted by Crippen LogP contribution is 2.17. The van der Waals surface area contributed by atoms with Crippen molar-refractivity contribution in [2.24, 2.45) is 0 Å². The average Bonchev–Trinajstić information content (AvgIpc) is 2.20. The highest BCUT2D eigenvalue weighted by atomic mass is 79.9. The van der Waals surface area contributed by atoms with E-state index < -0.39 is 0 Å². The summed E-state index contributed by atoms with van der Waals surface area (Å²) in [6.07, 6.45) is 0.284. The Kier molecular flexibility index (Phi) is 4.58. The van der Waals surface area contributed by atoms with Crippen molar-refractivity contribution in [2.75, 3.05) is 5.88 Å². The van der Waals surface area contributed by atoms with E-state index in [1.807, 2.05) is 12.1 Å². The first-order chi connectivity index (χ1) is 6.67. The lowest BCUT2D eigenvalue weighted by Gasteiger charge is -2.06. The van der Waals surface area contributed by atoms with Gasteiger partial charge in [0.1, 0.15) is 0 Å². The van der Waals surface area contributed by atoms with Gasteiger partial charge in [0, 0.05) is 10.9 Å². The summed E-state index contributed by atoms with van der Waals surface area (Å²) in [4.78, 5) is 11.1. The molecule has 14 heavy (non-hydrogen) atoms. The molecular weight excluding hydrogens is 267 g/mol. The van der Waals surface area contributed by atoms with Crippen LogP contribution in [-0.2, 0) is 17.8 Å². The molecule has 76 valence electrons. The van der Waals surface area contributed by atoms with E-state index in [2.05, 4.69) is 15.9 Å². The molecule has 0 unspecified atom stereocenters. The maximum atomic E-state index is 11.1. The number of carbonyl (C=O) groups is 1. The zero-order chi connectivity index (χ0) is 10.6. The Morgan fingerprint density at radius 1 is 1.43 bits per heavy atom. The van der Waals surface area contributed by atoms with Crippen LogP contribution >= 0.6 is 27.5 Å². The van der Waals surface area contributed by atoms with Crippen LogP contribution in [0, 0.1) is 0 Å². The van der Waals surface area contributed by atoms with Crippen LogP contribution in [0.4, 0.5) is 0 Å². The van der Waals surface area contributed by atoms with Crippen molar-refractivity contribution in [2.45, 2.75) is 13.0 Å². The number of Topliss-reactive ketones (excluding diaryl/α,β-unsaturated/α-hetero) is 1. The molecule has 1 rings (SSSR count). The quantitative estimate of drug-likeness (QED) is 0.858. The summed E-state index contributed by atoms with van der Waals surface area (Å²) < 4.78 is 0.892. The molecule has 0 spiro atoms. The summed E-state index contributed by atoms with van der Waals surface area (Å²) in [5.41, 5.74) is 1.60. The van der Waals surface area contributed by atoms with Gasteiger partial charge in [-0.1, -0.05) is 22.0 Å². The Labute approximate surface area is 96.0 Å². The molecule has 0 amide bonds. The predicted molar refractivity (Wildman–Crippen MR) is 59.5 cm³/mol. The van der Waals surface area contributed by atoms with Gasteiger partial charge in [-0.3, -0.25) is 4.79 Å². The monoisotopic (exact) mass is 276 g/mol. The fraction of sp³-hybridized carbons (Fsp3) is 0.300. The van der Waals surface area contributed by atoms with Crippen LogP contribution < -0.4 is 0 Å². The minimum atomic E-state index is -0.0651. The van der Waals surface area contributed by atoms with E-state index in [1.165, 1.54) is 0 Å². The third-order valence-electron chi connectivity index (χ3n) is 1.88. The second kappa shape index (κ2) is 5.49. The SMILES string of the molecule is O=C(CCl)Cc1ccc(Br)cc1CO. The molecule has 0 fully saturated rings. The summed E-state index contributed by atoms with van der Waals surface area (Å²) in [6, 6.07) is 5.47. The first kappa shape index (κ1) is 11.7. The molecule has 0 saturated heterocycles. The Morgan fingerprint density at radius 2 is 2.14 bits per heavy atom. The van der Waals surface area contributed by atoms with E-state index in [4.69, 9.17) is 16.7 Å². The largest absolute Gasteiger partial charge is 0.392 e. The fourth-order valence-electron chi connectivity index (χ4n) is 1.17. The van der Waals surface area contributed by atoms with Gasteiger partial charge in [-0.05, 0) is 23.3 Å². The molecule has 0 aliphatic rings. The lowest BCUT2D eigenvalue weighted by atomic mass is 10.0. The lowest BCUT2D eigenvalue weighted by molar-refractivity contribution is -0.116. The number of alkyl halides is 1. The molecule has 1 aromatic rings. The van der Waals surface area contributed by atoms with E-state index in [0.717, 1.165) is 15.6 Å². The van der Waals surface area contributed by atoms with Crippen molar-refractivity contribution in [1.29, 1.82) is 0 Å². The van der Waals surface area contributed by atoms with Crippen molar-refractivity contribution in [1.82, 2.24) is 0 Å². The van der Waals surface area contributed by atoms with Crippen molar-refractivity contribution < 1.29 is 9.90 Å². The van der Waals surface area contributed by atoms with Gasteiger partial charge in [-0.2, -0.15) is 0 Å². The van der Waals surface area contributed by atoms with Crippen molar-refractivity contribution in [3.05, 3.63) is 33.8 Å². The van der Waals surface area contributed by atoms with Gasteiger partial charge in [0.05, 0.1) is 12.5 Å². The Morgan fingerprint density at radius 3 is 2.71 bits per heavy atom. The molecule has 0 aromatic heterocycles. The summed E-state index contributed by atoms with van der Waals surface area (Å²) in [6.45, 7) is -0.0651. The molecule has 1 N–H and O–H groups in total. The van der Waals surface area contributed by atoms with Crippen LogP contribution in [-0.4, -0.2) is 16.8 Å². The maximum absolute atomic E-state index is 11.1. The fourth-order valence-corrected chi connectivity index (χ4v) is 1.68. The van der Waals surface area contributed by atoms with Crippen LogP contribution in [0.25, 0.3) is 0 Å². The second-order valence-corrected chi connectivity index (χ2v) is 4.10. The smallest absolute Gasteiger partial charge is 0.151 e. The molecule has 2 nitrogen and oxygen atoms in total. The molecule has 0 aliphatic heterocycles. The number of ketones is 1. The lowest BCUT2D eigenvalue weighted by Crippen LogP contribution is -2.06. The van der Waals surface area contributed by atoms with Crippen LogP contribution in [0.15, 0.2) is 22.7 Å². The van der Waals surface area contributed by atoms with E-state index in [1.54, 1.807) is 6.07 Å². The molecule has 0 radical (unpaired) electrons. The van der Waals surface area contributed by atoms with Gasteiger partial charge in [0.2, 0.25) is 0 Å². The highest BCUT2D eigenvalue weighted by Gasteiger charge is 2.06. The summed E-state index contributed by atoms with van der Waals surface area (Å²) in [7, 11) is 0. The average molecular weight is 278 g/mol. The second-order valence-electron chi connectivity index (χ2n) is 2.92.